The number of nitrogens with two attached hydrogens (primary N) is 1. The number of aliphatic hydroxyl groups is 1. The second-order valence-electron chi connectivity index (χ2n) is 4.26. The lowest BCUT2D eigenvalue weighted by atomic mass is 10.1. The van der Waals surface area contributed by atoms with Crippen LogP contribution in [0, 0.1) is 6.92 Å². The Morgan fingerprint density at radius 3 is 2.50 bits per heavy atom. The number of aryl methyl sites for hydroxylation is 1. The smallest absolute Gasteiger partial charge is 0.129 e. The molecule has 4 N–H and O–H groups in total. The van der Waals surface area contributed by atoms with Crippen molar-refractivity contribution < 1.29 is 5.11 Å². The third kappa shape index (κ3) is 2.99. The number of rotatable bonds is 4. The highest BCUT2D eigenvalue weighted by molar-refractivity contribution is 5.51. The van der Waals surface area contributed by atoms with E-state index in [1.165, 1.54) is 0 Å². The summed E-state index contributed by atoms with van der Waals surface area (Å²) in [4.78, 5) is 4.25. The highest BCUT2D eigenvalue weighted by Crippen LogP contribution is 2.15. The van der Waals surface area contributed by atoms with Crippen molar-refractivity contribution in [2.24, 2.45) is 0 Å². The first-order valence-electron chi connectivity index (χ1n) is 5.83. The molecule has 0 bridgehead atoms. The van der Waals surface area contributed by atoms with E-state index >= 15 is 0 Å². The van der Waals surface area contributed by atoms with Crippen molar-refractivity contribution in [3.05, 3.63) is 53.2 Å². The molecule has 0 amide bonds. The molecular formula is C14H17N3O. The number of aromatic nitrogens is 1. The summed E-state index contributed by atoms with van der Waals surface area (Å²) >= 11 is 0. The molecule has 4 heteroatoms. The molecule has 94 valence electrons. The van der Waals surface area contributed by atoms with Crippen LogP contribution in [-0.4, -0.2) is 10.1 Å². The molecule has 1 heterocycles. The Balaban J connectivity index is 2.02. The van der Waals surface area contributed by atoms with Crippen LogP contribution in [0.3, 0.4) is 0 Å². The van der Waals surface area contributed by atoms with E-state index in [1.807, 2.05) is 37.3 Å². The zero-order valence-electron chi connectivity index (χ0n) is 10.4. The molecule has 0 spiro atoms. The molecule has 0 aliphatic heterocycles. The van der Waals surface area contributed by atoms with Gasteiger partial charge in [0.15, 0.2) is 0 Å². The number of hydrogen-bond acceptors (Lipinski definition) is 4. The average Bonchev–Trinajstić information content (AvgIpc) is 2.38. The topological polar surface area (TPSA) is 71.2 Å². The van der Waals surface area contributed by atoms with Gasteiger partial charge in [-0.1, -0.05) is 24.3 Å². The van der Waals surface area contributed by atoms with Gasteiger partial charge < -0.3 is 16.2 Å². The van der Waals surface area contributed by atoms with E-state index in [0.717, 1.165) is 22.5 Å². The molecule has 0 aliphatic carbocycles. The lowest BCUT2D eigenvalue weighted by Crippen LogP contribution is -2.04. The van der Waals surface area contributed by atoms with Gasteiger partial charge in [0, 0.05) is 6.54 Å². The molecule has 0 fully saturated rings. The Morgan fingerprint density at radius 2 is 1.89 bits per heavy atom. The Labute approximate surface area is 106 Å². The third-order valence-corrected chi connectivity index (χ3v) is 2.76. The van der Waals surface area contributed by atoms with Crippen LogP contribution < -0.4 is 11.1 Å². The number of nitrogen functional groups attached to an aromatic ring is 1. The van der Waals surface area contributed by atoms with E-state index in [2.05, 4.69) is 10.3 Å². The van der Waals surface area contributed by atoms with Crippen molar-refractivity contribution in [1.29, 1.82) is 0 Å². The lowest BCUT2D eigenvalue weighted by molar-refractivity contribution is 0.282. The van der Waals surface area contributed by atoms with Crippen molar-refractivity contribution in [3.8, 4) is 0 Å². The fourth-order valence-electron chi connectivity index (χ4n) is 1.73. The molecule has 2 rings (SSSR count). The fourth-order valence-corrected chi connectivity index (χ4v) is 1.73. The largest absolute Gasteiger partial charge is 0.397 e. The second-order valence-corrected chi connectivity index (χ2v) is 4.26. The zero-order chi connectivity index (χ0) is 13.0. The van der Waals surface area contributed by atoms with E-state index < -0.39 is 0 Å². The van der Waals surface area contributed by atoms with Gasteiger partial charge in [-0.15, -0.1) is 0 Å². The Morgan fingerprint density at radius 1 is 1.22 bits per heavy atom. The summed E-state index contributed by atoms with van der Waals surface area (Å²) in [5.74, 6) is 0.843. The summed E-state index contributed by atoms with van der Waals surface area (Å²) in [5.41, 5.74) is 9.41. The molecule has 2 aromatic rings. The van der Waals surface area contributed by atoms with E-state index in [4.69, 9.17) is 10.8 Å². The standard InChI is InChI=1S/C14H17N3O/c1-10-6-13(15)8-17-14(10)16-7-11-2-4-12(9-18)5-3-11/h2-6,8,18H,7,9,15H2,1H3,(H,16,17). The first-order chi connectivity index (χ1) is 8.69. The molecule has 1 aromatic carbocycles. The lowest BCUT2D eigenvalue weighted by Gasteiger charge is -2.09. The summed E-state index contributed by atoms with van der Waals surface area (Å²) < 4.78 is 0. The quantitative estimate of drug-likeness (QED) is 0.768. The Hall–Kier alpha value is -2.07. The zero-order valence-corrected chi connectivity index (χ0v) is 10.4. The van der Waals surface area contributed by atoms with Crippen molar-refractivity contribution >= 4 is 11.5 Å². The summed E-state index contributed by atoms with van der Waals surface area (Å²) in [6, 6.07) is 9.71. The van der Waals surface area contributed by atoms with E-state index in [0.29, 0.717) is 12.2 Å². The molecule has 1 aromatic heterocycles. The molecule has 0 radical (unpaired) electrons. The van der Waals surface area contributed by atoms with Crippen molar-refractivity contribution in [2.45, 2.75) is 20.1 Å². The third-order valence-electron chi connectivity index (χ3n) is 2.76. The van der Waals surface area contributed by atoms with Crippen LogP contribution in [0.1, 0.15) is 16.7 Å². The SMILES string of the molecule is Cc1cc(N)cnc1NCc1ccc(CO)cc1. The Kier molecular flexibility index (Phi) is 3.79. The molecule has 0 saturated carbocycles. The maximum atomic E-state index is 8.96. The number of anilines is 2. The van der Waals surface area contributed by atoms with Gasteiger partial charge in [0.25, 0.3) is 0 Å². The van der Waals surface area contributed by atoms with Crippen molar-refractivity contribution in [2.75, 3.05) is 11.1 Å². The van der Waals surface area contributed by atoms with Gasteiger partial charge in [0.1, 0.15) is 5.82 Å². The van der Waals surface area contributed by atoms with Crippen molar-refractivity contribution in [1.82, 2.24) is 4.98 Å². The highest BCUT2D eigenvalue weighted by atomic mass is 16.3. The van der Waals surface area contributed by atoms with E-state index in [-0.39, 0.29) is 6.61 Å². The van der Waals surface area contributed by atoms with Crippen LogP contribution >= 0.6 is 0 Å². The van der Waals surface area contributed by atoms with Crippen LogP contribution in [0.15, 0.2) is 36.5 Å². The summed E-state index contributed by atoms with van der Waals surface area (Å²) in [6.45, 7) is 2.75. The molecule has 18 heavy (non-hydrogen) atoms. The van der Waals surface area contributed by atoms with Gasteiger partial charge in [-0.3, -0.25) is 0 Å². The van der Waals surface area contributed by atoms with Crippen LogP contribution in [0.4, 0.5) is 11.5 Å². The fraction of sp³-hybridized carbons (Fsp3) is 0.214. The monoisotopic (exact) mass is 243 g/mol. The number of nitrogens with one attached hydrogen (secondary N) is 1. The van der Waals surface area contributed by atoms with E-state index in [9.17, 15) is 0 Å². The van der Waals surface area contributed by atoms with Crippen molar-refractivity contribution in [3.63, 3.8) is 0 Å². The van der Waals surface area contributed by atoms with Gasteiger partial charge in [-0.05, 0) is 29.7 Å². The predicted molar refractivity (Wildman–Crippen MR) is 73.1 cm³/mol. The highest BCUT2D eigenvalue weighted by Gasteiger charge is 2.00. The average molecular weight is 243 g/mol. The molecule has 4 nitrogen and oxygen atoms in total. The Bertz CT molecular complexity index is 523. The number of benzene rings is 1. The normalized spacial score (nSPS) is 10.3. The molecule has 0 saturated heterocycles. The molecule has 0 unspecified atom stereocenters. The summed E-state index contributed by atoms with van der Waals surface area (Å²) in [5, 5.41) is 12.2. The minimum absolute atomic E-state index is 0.0757. The minimum atomic E-state index is 0.0757. The number of aliphatic hydroxyl groups excluding tert-OH is 1. The number of nitrogens with zero attached hydrogens (tertiary/aromatic N) is 1. The maximum Gasteiger partial charge on any atom is 0.129 e. The molecule has 0 aliphatic rings. The van der Waals surface area contributed by atoms with Gasteiger partial charge >= 0.3 is 0 Å². The summed E-state index contributed by atoms with van der Waals surface area (Å²) in [6.07, 6.45) is 1.64. The second kappa shape index (κ2) is 5.51. The van der Waals surface area contributed by atoms with E-state index in [1.54, 1.807) is 6.20 Å². The number of pyridine rings is 1. The number of hydrogen-bond donors (Lipinski definition) is 3. The van der Waals surface area contributed by atoms with Crippen LogP contribution in [0.2, 0.25) is 0 Å². The predicted octanol–water partition coefficient (Wildman–Crippen LogP) is 2.08. The van der Waals surface area contributed by atoms with Gasteiger partial charge in [0.05, 0.1) is 18.5 Å². The van der Waals surface area contributed by atoms with Gasteiger partial charge in [-0.25, -0.2) is 4.98 Å². The van der Waals surface area contributed by atoms with Crippen LogP contribution in [0.5, 0.6) is 0 Å². The van der Waals surface area contributed by atoms with Gasteiger partial charge in [0.2, 0.25) is 0 Å². The molecular weight excluding hydrogens is 226 g/mol. The first kappa shape index (κ1) is 12.4. The maximum absolute atomic E-state index is 8.96. The first-order valence-corrected chi connectivity index (χ1v) is 5.83. The molecule has 0 atom stereocenters. The van der Waals surface area contributed by atoms with Crippen LogP contribution in [-0.2, 0) is 13.2 Å². The van der Waals surface area contributed by atoms with Crippen LogP contribution in [0.25, 0.3) is 0 Å². The minimum Gasteiger partial charge on any atom is -0.397 e. The van der Waals surface area contributed by atoms with Gasteiger partial charge in [-0.2, -0.15) is 0 Å². The summed E-state index contributed by atoms with van der Waals surface area (Å²) in [7, 11) is 0.